The first kappa shape index (κ1) is 17.4. The second-order valence-corrected chi connectivity index (χ2v) is 8.18. The second kappa shape index (κ2) is 7.06. The van der Waals surface area contributed by atoms with E-state index in [4.69, 9.17) is 0 Å². The Bertz CT molecular complexity index is 883. The van der Waals surface area contributed by atoms with E-state index >= 15 is 0 Å². The van der Waals surface area contributed by atoms with Gasteiger partial charge >= 0.3 is 0 Å². The fraction of sp³-hybridized carbons (Fsp3) is 0.391. The molecule has 2 fully saturated rings. The molecule has 2 amide bonds. The lowest BCUT2D eigenvalue weighted by Gasteiger charge is -2.21. The molecule has 0 aromatic heterocycles. The van der Waals surface area contributed by atoms with Gasteiger partial charge in [0.1, 0.15) is 0 Å². The Morgan fingerprint density at radius 1 is 0.821 bits per heavy atom. The summed E-state index contributed by atoms with van der Waals surface area (Å²) < 4.78 is 0. The largest absolute Gasteiger partial charge is 0.312 e. The Balaban J connectivity index is 1.23. The van der Waals surface area contributed by atoms with Gasteiger partial charge in [-0.2, -0.15) is 0 Å². The van der Waals surface area contributed by atoms with Crippen LogP contribution in [0.4, 0.5) is 11.4 Å². The van der Waals surface area contributed by atoms with Crippen LogP contribution in [0.5, 0.6) is 0 Å². The van der Waals surface area contributed by atoms with E-state index in [0.717, 1.165) is 50.5 Å². The summed E-state index contributed by atoms with van der Waals surface area (Å²) >= 11 is 0. The minimum atomic E-state index is 0.191. The fourth-order valence-electron chi connectivity index (χ4n) is 4.79. The van der Waals surface area contributed by atoms with Crippen molar-refractivity contribution in [3.05, 3.63) is 59.7 Å². The van der Waals surface area contributed by atoms with Gasteiger partial charge in [0.2, 0.25) is 11.8 Å². The van der Waals surface area contributed by atoms with Crippen LogP contribution in [-0.4, -0.2) is 36.3 Å². The molecule has 3 heterocycles. The first-order valence-corrected chi connectivity index (χ1v) is 10.2. The highest BCUT2D eigenvalue weighted by Gasteiger charge is 2.33. The molecular weight excluding hydrogens is 350 g/mol. The molecule has 3 aliphatic rings. The number of fused-ring (bicyclic) bond motifs is 1. The monoisotopic (exact) mass is 375 g/mol. The van der Waals surface area contributed by atoms with Crippen molar-refractivity contribution >= 4 is 23.2 Å². The molecule has 0 spiro atoms. The molecule has 5 rings (SSSR count). The van der Waals surface area contributed by atoms with Crippen molar-refractivity contribution in [2.45, 2.75) is 32.4 Å². The Morgan fingerprint density at radius 2 is 1.46 bits per heavy atom. The zero-order valence-corrected chi connectivity index (χ0v) is 16.0. The van der Waals surface area contributed by atoms with Crippen LogP contribution in [0.2, 0.25) is 0 Å². The highest BCUT2D eigenvalue weighted by molar-refractivity contribution is 5.97. The number of nitrogens with zero attached hydrogens (tertiary/aromatic N) is 3. The number of carbonyl (C=O) groups excluding carboxylic acids is 2. The van der Waals surface area contributed by atoms with Crippen LogP contribution in [0.1, 0.15) is 30.4 Å². The molecule has 2 aromatic rings. The zero-order valence-electron chi connectivity index (χ0n) is 16.0. The summed E-state index contributed by atoms with van der Waals surface area (Å²) in [6.45, 7) is 4.49. The Morgan fingerprint density at radius 3 is 2.07 bits per heavy atom. The van der Waals surface area contributed by atoms with Gasteiger partial charge in [0, 0.05) is 56.9 Å². The van der Waals surface area contributed by atoms with Crippen LogP contribution < -0.4 is 9.80 Å². The van der Waals surface area contributed by atoms with Crippen molar-refractivity contribution in [1.29, 1.82) is 0 Å². The Hall–Kier alpha value is -2.66. The molecule has 2 saturated heterocycles. The van der Waals surface area contributed by atoms with Crippen LogP contribution in [0.3, 0.4) is 0 Å². The normalized spacial score (nSPS) is 22.4. The average Bonchev–Trinajstić information content (AvgIpc) is 3.40. The second-order valence-electron chi connectivity index (χ2n) is 8.18. The van der Waals surface area contributed by atoms with E-state index < -0.39 is 0 Å². The molecule has 144 valence electrons. The minimum absolute atomic E-state index is 0.191. The first-order chi connectivity index (χ1) is 13.7. The van der Waals surface area contributed by atoms with E-state index in [-0.39, 0.29) is 11.8 Å². The molecule has 28 heavy (non-hydrogen) atoms. The Kier molecular flexibility index (Phi) is 4.40. The van der Waals surface area contributed by atoms with Crippen LogP contribution in [0, 0.1) is 5.92 Å². The van der Waals surface area contributed by atoms with Gasteiger partial charge in [0.25, 0.3) is 0 Å². The third kappa shape index (κ3) is 3.20. The molecule has 2 aromatic carbocycles. The van der Waals surface area contributed by atoms with Gasteiger partial charge in [0.15, 0.2) is 0 Å². The van der Waals surface area contributed by atoms with E-state index in [2.05, 4.69) is 29.2 Å². The maximum Gasteiger partial charge on any atom is 0.227 e. The quantitative estimate of drug-likeness (QED) is 0.824. The number of rotatable bonds is 4. The maximum absolute atomic E-state index is 12.6. The van der Waals surface area contributed by atoms with Gasteiger partial charge < -0.3 is 9.80 Å². The molecule has 0 radical (unpaired) electrons. The van der Waals surface area contributed by atoms with Crippen LogP contribution in [0.25, 0.3) is 0 Å². The number of hydrogen-bond acceptors (Lipinski definition) is 3. The van der Waals surface area contributed by atoms with E-state index in [1.807, 2.05) is 34.1 Å². The summed E-state index contributed by atoms with van der Waals surface area (Å²) in [5.74, 6) is 0.755. The van der Waals surface area contributed by atoms with Crippen molar-refractivity contribution < 1.29 is 9.59 Å². The lowest BCUT2D eigenvalue weighted by Crippen LogP contribution is -2.28. The standard InChI is InChI=1S/C23H25N3O2/c27-22-6-3-11-25(22)20-7-9-21(10-8-20)26-14-17(12-23(26)28)13-24-15-18-4-1-2-5-19(18)16-24/h1-2,4-5,7-10,17H,3,6,11-16H2. The smallest absolute Gasteiger partial charge is 0.227 e. The van der Waals surface area contributed by atoms with E-state index in [1.54, 1.807) is 0 Å². The van der Waals surface area contributed by atoms with Crippen LogP contribution in [0.15, 0.2) is 48.5 Å². The van der Waals surface area contributed by atoms with Gasteiger partial charge in [-0.15, -0.1) is 0 Å². The molecule has 5 nitrogen and oxygen atoms in total. The molecule has 0 aliphatic carbocycles. The summed E-state index contributed by atoms with van der Waals surface area (Å²) in [5.41, 5.74) is 4.70. The number of anilines is 2. The molecule has 0 saturated carbocycles. The topological polar surface area (TPSA) is 43.9 Å². The van der Waals surface area contributed by atoms with E-state index in [0.29, 0.717) is 18.8 Å². The SMILES string of the molecule is O=C1CCCN1c1ccc(N2CC(CN3Cc4ccccc4C3)CC2=O)cc1. The predicted molar refractivity (Wildman–Crippen MR) is 109 cm³/mol. The summed E-state index contributed by atoms with van der Waals surface area (Å²) in [6, 6.07) is 16.5. The van der Waals surface area contributed by atoms with Gasteiger partial charge in [-0.3, -0.25) is 14.5 Å². The van der Waals surface area contributed by atoms with Crippen molar-refractivity contribution in [2.24, 2.45) is 5.92 Å². The minimum Gasteiger partial charge on any atom is -0.312 e. The van der Waals surface area contributed by atoms with Crippen molar-refractivity contribution in [3.8, 4) is 0 Å². The fourth-order valence-corrected chi connectivity index (χ4v) is 4.79. The number of hydrogen-bond donors (Lipinski definition) is 0. The summed E-state index contributed by atoms with van der Waals surface area (Å²) in [7, 11) is 0. The predicted octanol–water partition coefficient (Wildman–Crippen LogP) is 3.18. The van der Waals surface area contributed by atoms with Gasteiger partial charge in [0.05, 0.1) is 0 Å². The third-order valence-electron chi connectivity index (χ3n) is 6.17. The van der Waals surface area contributed by atoms with Crippen molar-refractivity contribution in [3.63, 3.8) is 0 Å². The molecule has 0 N–H and O–H groups in total. The van der Waals surface area contributed by atoms with Crippen molar-refractivity contribution in [2.75, 3.05) is 29.4 Å². The highest BCUT2D eigenvalue weighted by Crippen LogP contribution is 2.30. The summed E-state index contributed by atoms with van der Waals surface area (Å²) in [6.07, 6.45) is 2.17. The number of benzene rings is 2. The lowest BCUT2D eigenvalue weighted by atomic mass is 10.1. The van der Waals surface area contributed by atoms with E-state index in [9.17, 15) is 9.59 Å². The molecule has 5 heteroatoms. The zero-order chi connectivity index (χ0) is 19.1. The summed E-state index contributed by atoms with van der Waals surface area (Å²) in [5, 5.41) is 0. The summed E-state index contributed by atoms with van der Waals surface area (Å²) in [4.78, 5) is 30.7. The molecule has 3 aliphatic heterocycles. The van der Waals surface area contributed by atoms with Gasteiger partial charge in [-0.1, -0.05) is 24.3 Å². The highest BCUT2D eigenvalue weighted by atomic mass is 16.2. The van der Waals surface area contributed by atoms with Crippen molar-refractivity contribution in [1.82, 2.24) is 4.90 Å². The van der Waals surface area contributed by atoms with Crippen LogP contribution >= 0.6 is 0 Å². The average molecular weight is 375 g/mol. The van der Waals surface area contributed by atoms with Crippen LogP contribution in [-0.2, 0) is 22.7 Å². The maximum atomic E-state index is 12.6. The number of carbonyl (C=O) groups is 2. The van der Waals surface area contributed by atoms with Gasteiger partial charge in [-0.05, 0) is 47.7 Å². The third-order valence-corrected chi connectivity index (χ3v) is 6.17. The molecule has 1 atom stereocenters. The first-order valence-electron chi connectivity index (χ1n) is 10.2. The Labute approximate surface area is 165 Å². The lowest BCUT2D eigenvalue weighted by molar-refractivity contribution is -0.118. The van der Waals surface area contributed by atoms with Gasteiger partial charge in [-0.25, -0.2) is 0 Å². The molecular formula is C23H25N3O2. The molecule has 0 bridgehead atoms. The molecule has 1 unspecified atom stereocenters. The number of amides is 2. The van der Waals surface area contributed by atoms with E-state index in [1.165, 1.54) is 11.1 Å².